The lowest BCUT2D eigenvalue weighted by Gasteiger charge is -2.45. The van der Waals surface area contributed by atoms with Gasteiger partial charge in [0.05, 0.1) is 10.6 Å². The maximum atomic E-state index is 16.1. The molecule has 0 spiro atoms. The van der Waals surface area contributed by atoms with Crippen LogP contribution in [-0.2, 0) is 20.1 Å². The molecule has 2 saturated heterocycles. The highest BCUT2D eigenvalue weighted by Gasteiger charge is 2.37. The number of carbonyl (C=O) groups is 4. The van der Waals surface area contributed by atoms with Gasteiger partial charge in [-0.05, 0) is 118 Å². The summed E-state index contributed by atoms with van der Waals surface area (Å²) >= 11 is 9.11. The second-order valence-electron chi connectivity index (χ2n) is 18.1. The van der Waals surface area contributed by atoms with E-state index in [9.17, 15) is 19.2 Å². The predicted molar refractivity (Wildman–Crippen MR) is 289 cm³/mol. The first-order chi connectivity index (χ1) is 35.3. The Balaban J connectivity index is 0.00000212. The first kappa shape index (κ1) is 56.4. The van der Waals surface area contributed by atoms with Crippen LogP contribution in [0.2, 0.25) is 5.02 Å². The van der Waals surface area contributed by atoms with E-state index in [1.165, 1.54) is 17.7 Å². The van der Waals surface area contributed by atoms with Gasteiger partial charge in [-0.15, -0.1) is 17.9 Å². The van der Waals surface area contributed by atoms with Crippen LogP contribution in [0.5, 0.6) is 5.75 Å². The Labute approximate surface area is 437 Å². The Morgan fingerprint density at radius 2 is 1.82 bits per heavy atom. The minimum atomic E-state index is -0.826. The third-order valence-electron chi connectivity index (χ3n) is 13.2. The van der Waals surface area contributed by atoms with Gasteiger partial charge in [-0.1, -0.05) is 60.0 Å². The molecule has 390 valence electrons. The van der Waals surface area contributed by atoms with Crippen LogP contribution in [0.4, 0.5) is 26.2 Å². The summed E-state index contributed by atoms with van der Waals surface area (Å²) in [6.45, 7) is 12.0. The molecule has 2 aliphatic rings. The third kappa shape index (κ3) is 12.4. The standard InChI is InChI=1S/C52H55ClF2N6O6S2.2CH4O/c1-6-7-11-41(50(65)56-5)60(30-64)40-16-14-35(36-10-8-9-31(2)44(36)40)33-18-21-59(22-19-33)51-58-39-26-32(12-17-42(39)67-51)29-68-61-23-20-34(27-52(61,3)4)57-47-38(54)15-13-37(46(47)55)49-45(53)48(66-25-24-62)43(28-63)69-49;2*1-2/h6,8-10,12-17,24,26,28,30,33-34,41,57H,1,7,11,18-23,25,27,29H2,2-5H3,(H,56,65);2*2H,1H3. The number of aldehydes is 2. The summed E-state index contributed by atoms with van der Waals surface area (Å²) < 4.78 is 45.3. The third-order valence-corrected chi connectivity index (χ3v) is 16.3. The van der Waals surface area contributed by atoms with Crippen LogP contribution < -0.4 is 25.2 Å². The number of fused-ring (bicyclic) bond motifs is 2. The van der Waals surface area contributed by atoms with Crippen molar-refractivity contribution < 1.29 is 47.3 Å². The molecule has 0 aliphatic carbocycles. The number of oxazole rings is 1. The minimum absolute atomic E-state index is 0.00707. The number of carbonyl (C=O) groups excluding carboxylic acids is 4. The fourth-order valence-corrected chi connectivity index (χ4v) is 12.3. The SMILES string of the molecule is C=CCCC(C(=O)NC)N(C=O)c1ccc(C2CCN(c3nc4cc(CSN5CCC(Nc6c(F)ccc(-c7sc(C=O)c(OCC=O)c7Cl)c6F)CC5(C)C)ccc4o3)CC2)c2cccc(C)c12.CO.CO. The number of piperidine rings is 2. The molecule has 0 bridgehead atoms. The van der Waals surface area contributed by atoms with Gasteiger partial charge in [0, 0.05) is 69.2 Å². The molecule has 0 radical (unpaired) electrons. The molecule has 2 aromatic heterocycles. The quantitative estimate of drug-likeness (QED) is 0.0343. The maximum Gasteiger partial charge on any atom is 0.298 e. The Bertz CT molecular complexity index is 2910. The number of likely N-dealkylation sites (N-methyl/N-ethyl adjacent to an activating group) is 1. The number of anilines is 3. The minimum Gasteiger partial charge on any atom is -0.483 e. The zero-order valence-corrected chi connectivity index (χ0v) is 44.3. The van der Waals surface area contributed by atoms with Crippen LogP contribution in [0.25, 0.3) is 32.3 Å². The number of nitrogens with one attached hydrogen (secondary N) is 2. The number of benzene rings is 4. The molecule has 19 heteroatoms. The summed E-state index contributed by atoms with van der Waals surface area (Å²) in [6, 6.07) is 18.6. The summed E-state index contributed by atoms with van der Waals surface area (Å²) in [7, 11) is 3.59. The summed E-state index contributed by atoms with van der Waals surface area (Å²) in [5.74, 6) is -0.834. The van der Waals surface area contributed by atoms with Gasteiger partial charge in [0.1, 0.15) is 39.6 Å². The van der Waals surface area contributed by atoms with Crippen molar-refractivity contribution in [3.8, 4) is 16.2 Å². The van der Waals surface area contributed by atoms with Crippen molar-refractivity contribution in [3.63, 3.8) is 0 Å². The van der Waals surface area contributed by atoms with E-state index >= 15 is 8.78 Å². The molecular weight excluding hydrogens is 998 g/mol. The number of aryl methyl sites for hydroxylation is 1. The number of amides is 2. The molecule has 2 atom stereocenters. The molecule has 2 amide bonds. The van der Waals surface area contributed by atoms with E-state index in [0.717, 1.165) is 91.0 Å². The molecule has 6 aromatic rings. The van der Waals surface area contributed by atoms with Crippen molar-refractivity contribution in [3.05, 3.63) is 112 Å². The molecule has 8 rings (SSSR count). The monoisotopic (exact) mass is 1060 g/mol. The summed E-state index contributed by atoms with van der Waals surface area (Å²) in [5.41, 5.74) is 5.00. The zero-order chi connectivity index (χ0) is 53.0. The molecule has 2 aliphatic heterocycles. The first-order valence-electron chi connectivity index (χ1n) is 23.9. The molecule has 14 nitrogen and oxygen atoms in total. The molecule has 4 N–H and O–H groups in total. The van der Waals surface area contributed by atoms with Gasteiger partial charge >= 0.3 is 0 Å². The zero-order valence-electron chi connectivity index (χ0n) is 41.9. The lowest BCUT2D eigenvalue weighted by molar-refractivity contribution is -0.123. The van der Waals surface area contributed by atoms with Crippen LogP contribution in [0, 0.1) is 18.6 Å². The van der Waals surface area contributed by atoms with Crippen molar-refractivity contribution >= 4 is 99.0 Å². The van der Waals surface area contributed by atoms with Gasteiger partial charge in [0.25, 0.3) is 6.01 Å². The van der Waals surface area contributed by atoms with Crippen LogP contribution in [0.3, 0.4) is 0 Å². The number of allylic oxidation sites excluding steroid dienone is 1. The van der Waals surface area contributed by atoms with Crippen molar-refractivity contribution in [2.24, 2.45) is 0 Å². The van der Waals surface area contributed by atoms with Gasteiger partial charge in [0.2, 0.25) is 12.3 Å². The van der Waals surface area contributed by atoms with Gasteiger partial charge in [-0.25, -0.2) is 13.1 Å². The van der Waals surface area contributed by atoms with E-state index in [-0.39, 0.29) is 61.8 Å². The van der Waals surface area contributed by atoms with Gasteiger partial charge in [0.15, 0.2) is 29.7 Å². The summed E-state index contributed by atoms with van der Waals surface area (Å²) in [6.07, 6.45) is 7.63. The highest BCUT2D eigenvalue weighted by atomic mass is 35.5. The van der Waals surface area contributed by atoms with E-state index in [1.807, 2.05) is 31.2 Å². The van der Waals surface area contributed by atoms with Gasteiger partial charge < -0.3 is 39.8 Å². The Kier molecular flexibility index (Phi) is 20.0. The first-order valence-corrected chi connectivity index (χ1v) is 26.1. The average molecular weight is 1060 g/mol. The molecule has 4 heterocycles. The second-order valence-corrected chi connectivity index (χ2v) is 20.5. The van der Waals surface area contributed by atoms with Crippen LogP contribution in [0.15, 0.2) is 77.7 Å². The maximum absolute atomic E-state index is 16.1. The normalized spacial score (nSPS) is 16.1. The highest BCUT2D eigenvalue weighted by Crippen LogP contribution is 2.47. The Hall–Kier alpha value is -5.89. The van der Waals surface area contributed by atoms with Crippen molar-refractivity contribution in [2.75, 3.05) is 62.6 Å². The van der Waals surface area contributed by atoms with E-state index in [0.29, 0.717) is 62.2 Å². The van der Waals surface area contributed by atoms with E-state index in [1.54, 1.807) is 30.0 Å². The molecule has 73 heavy (non-hydrogen) atoms. The molecule has 2 fully saturated rings. The van der Waals surface area contributed by atoms with Crippen molar-refractivity contribution in [1.82, 2.24) is 14.6 Å². The number of nitrogens with zero attached hydrogens (tertiary/aromatic N) is 4. The van der Waals surface area contributed by atoms with E-state index in [4.69, 9.17) is 36.0 Å². The molecular formula is C54H63ClF2N6O8S2. The fourth-order valence-electron chi connectivity index (χ4n) is 9.74. The van der Waals surface area contributed by atoms with Crippen LogP contribution in [-0.4, -0.2) is 110 Å². The molecule has 4 aromatic carbocycles. The van der Waals surface area contributed by atoms with Gasteiger partial charge in [-0.3, -0.25) is 19.2 Å². The lowest BCUT2D eigenvalue weighted by atomic mass is 9.85. The largest absolute Gasteiger partial charge is 0.483 e. The lowest BCUT2D eigenvalue weighted by Crippen LogP contribution is -2.49. The number of hydrogen-bond acceptors (Lipinski definition) is 14. The number of hydrogen-bond donors (Lipinski definition) is 4. The predicted octanol–water partition coefficient (Wildman–Crippen LogP) is 10.5. The Morgan fingerprint density at radius 3 is 2.49 bits per heavy atom. The van der Waals surface area contributed by atoms with Gasteiger partial charge in [-0.2, -0.15) is 4.98 Å². The summed E-state index contributed by atoms with van der Waals surface area (Å²) in [4.78, 5) is 57.3. The smallest absolute Gasteiger partial charge is 0.298 e. The highest BCUT2D eigenvalue weighted by molar-refractivity contribution is 7.96. The number of aromatic nitrogens is 1. The average Bonchev–Trinajstić information content (AvgIpc) is 3.98. The number of halogens is 3. The number of rotatable bonds is 19. The number of aliphatic hydroxyl groups is 2. The fraction of sp³-hybridized carbons (Fsp3) is 0.389. The van der Waals surface area contributed by atoms with E-state index in [2.05, 4.69) is 64.5 Å². The molecule has 2 unspecified atom stereocenters. The van der Waals surface area contributed by atoms with Crippen LogP contribution >= 0.6 is 34.9 Å². The number of ether oxygens (including phenoxy) is 1. The Morgan fingerprint density at radius 1 is 1.07 bits per heavy atom. The number of thiophene rings is 1. The molecule has 0 saturated carbocycles. The van der Waals surface area contributed by atoms with Crippen molar-refractivity contribution in [2.45, 2.75) is 88.6 Å². The topological polar surface area (TPSA) is 178 Å². The van der Waals surface area contributed by atoms with Crippen LogP contribution in [0.1, 0.15) is 84.7 Å². The summed E-state index contributed by atoms with van der Waals surface area (Å²) in [5, 5.41) is 21.9. The van der Waals surface area contributed by atoms with E-state index < -0.39 is 17.7 Å². The number of aliphatic hydroxyl groups excluding tert-OH is 2. The van der Waals surface area contributed by atoms with Crippen molar-refractivity contribution in [1.29, 1.82) is 0 Å². The second kappa shape index (κ2) is 25.9.